The van der Waals surface area contributed by atoms with Gasteiger partial charge in [0.05, 0.1) is 35.6 Å². The number of nitrogens with zero attached hydrogens (tertiary/aromatic N) is 4. The molecule has 8 heteroatoms. The van der Waals surface area contributed by atoms with Gasteiger partial charge in [-0.3, -0.25) is 9.78 Å². The van der Waals surface area contributed by atoms with Crippen LogP contribution in [0, 0.1) is 0 Å². The van der Waals surface area contributed by atoms with Gasteiger partial charge >= 0.3 is 0 Å². The first kappa shape index (κ1) is 22.3. The molecule has 3 aromatic heterocycles. The number of pyridine rings is 2. The minimum Gasteiger partial charge on any atom is -0.335 e. The van der Waals surface area contributed by atoms with Crippen molar-refractivity contribution in [1.82, 2.24) is 19.1 Å². The Kier molecular flexibility index (Phi) is 5.52. The van der Waals surface area contributed by atoms with Crippen LogP contribution in [0.3, 0.4) is 0 Å². The van der Waals surface area contributed by atoms with Crippen LogP contribution in [0.4, 0.5) is 0 Å². The van der Waals surface area contributed by atoms with Crippen LogP contribution in [0.25, 0.3) is 22.0 Å². The van der Waals surface area contributed by atoms with Gasteiger partial charge in [0, 0.05) is 35.6 Å². The Hall–Kier alpha value is -3.45. The number of benzene rings is 2. The van der Waals surface area contributed by atoms with Crippen LogP contribution in [0.15, 0.2) is 84.2 Å². The van der Waals surface area contributed by atoms with Gasteiger partial charge in [-0.25, -0.2) is 4.98 Å². The van der Waals surface area contributed by atoms with Crippen molar-refractivity contribution < 1.29 is 0 Å². The van der Waals surface area contributed by atoms with E-state index in [1.807, 2.05) is 48.0 Å². The normalized spacial score (nSPS) is 13.2. The summed E-state index contributed by atoms with van der Waals surface area (Å²) in [6, 6.07) is 18.4. The summed E-state index contributed by atoms with van der Waals surface area (Å²) in [7, 11) is 3.62. The summed E-state index contributed by atoms with van der Waals surface area (Å²) in [6.07, 6.45) is 5.13. The predicted molar refractivity (Wildman–Crippen MR) is 136 cm³/mol. The zero-order valence-corrected chi connectivity index (χ0v) is 20.0. The molecule has 5 aromatic rings. The standard InChI is InChI=1S/C26H21Cl2N5O/c1-32-15-30-14-24(32)26(29,17-6-8-18(27)9-7-17)23-11-21-20(16-4-3-5-19(28)10-16)12-25(34)33(2)22(21)13-31-23/h3-15H,29H2,1-2H3/t26-/m1/s1. The molecule has 34 heavy (non-hydrogen) atoms. The van der Waals surface area contributed by atoms with Crippen LogP contribution in [0.2, 0.25) is 10.0 Å². The molecule has 1 atom stereocenters. The molecule has 0 aliphatic rings. The van der Waals surface area contributed by atoms with E-state index < -0.39 is 5.54 Å². The molecular weight excluding hydrogens is 469 g/mol. The largest absolute Gasteiger partial charge is 0.335 e. The zero-order valence-electron chi connectivity index (χ0n) is 18.5. The minimum atomic E-state index is -1.12. The highest BCUT2D eigenvalue weighted by molar-refractivity contribution is 6.31. The number of hydrogen-bond donors (Lipinski definition) is 1. The number of fused-ring (bicyclic) bond motifs is 1. The topological polar surface area (TPSA) is 78.7 Å². The van der Waals surface area contributed by atoms with Crippen LogP contribution in [0.5, 0.6) is 0 Å². The maximum Gasteiger partial charge on any atom is 0.251 e. The first-order valence-corrected chi connectivity index (χ1v) is 11.3. The van der Waals surface area contributed by atoms with Gasteiger partial charge in [-0.05, 0) is 47.0 Å². The summed E-state index contributed by atoms with van der Waals surface area (Å²) in [4.78, 5) is 21.8. The zero-order chi connectivity index (χ0) is 24.0. The average Bonchev–Trinajstić information content (AvgIpc) is 3.27. The molecule has 0 amide bonds. The summed E-state index contributed by atoms with van der Waals surface area (Å²) in [6.45, 7) is 0. The van der Waals surface area contributed by atoms with Gasteiger partial charge in [-0.15, -0.1) is 0 Å². The number of aromatic nitrogens is 4. The second kappa shape index (κ2) is 8.40. The fraction of sp³-hybridized carbons (Fsp3) is 0.115. The molecule has 2 aromatic carbocycles. The maximum atomic E-state index is 12.7. The summed E-state index contributed by atoms with van der Waals surface area (Å²) in [5, 5.41) is 2.03. The van der Waals surface area contributed by atoms with Crippen molar-refractivity contribution in [2.45, 2.75) is 5.54 Å². The van der Waals surface area contributed by atoms with Crippen LogP contribution < -0.4 is 11.3 Å². The fourth-order valence-electron chi connectivity index (χ4n) is 4.34. The summed E-state index contributed by atoms with van der Waals surface area (Å²) >= 11 is 12.4. The van der Waals surface area contributed by atoms with Gasteiger partial charge in [0.25, 0.3) is 5.56 Å². The lowest BCUT2D eigenvalue weighted by Gasteiger charge is -2.30. The summed E-state index contributed by atoms with van der Waals surface area (Å²) in [5.74, 6) is 0. The molecule has 0 unspecified atom stereocenters. The minimum absolute atomic E-state index is 0.139. The van der Waals surface area contributed by atoms with Gasteiger partial charge in [0.2, 0.25) is 0 Å². The monoisotopic (exact) mass is 489 g/mol. The van der Waals surface area contributed by atoms with Gasteiger partial charge in [-0.1, -0.05) is 47.5 Å². The van der Waals surface area contributed by atoms with Crippen molar-refractivity contribution in [2.75, 3.05) is 0 Å². The maximum absolute atomic E-state index is 12.7. The first-order chi connectivity index (χ1) is 16.3. The Morgan fingerprint density at radius 3 is 2.38 bits per heavy atom. The Labute approximate surface area is 206 Å². The number of rotatable bonds is 4. The third kappa shape index (κ3) is 3.60. The van der Waals surface area contributed by atoms with E-state index in [4.69, 9.17) is 33.9 Å². The number of hydrogen-bond acceptors (Lipinski definition) is 4. The lowest BCUT2D eigenvalue weighted by Crippen LogP contribution is -2.41. The molecule has 0 bridgehead atoms. The van der Waals surface area contributed by atoms with Crippen molar-refractivity contribution in [3.05, 3.63) is 117 Å². The number of imidazole rings is 1. The number of nitrogens with two attached hydrogens (primary N) is 1. The molecule has 3 heterocycles. The summed E-state index contributed by atoms with van der Waals surface area (Å²) in [5.41, 5.74) is 10.4. The van der Waals surface area contributed by atoms with Gasteiger partial charge < -0.3 is 14.9 Å². The van der Waals surface area contributed by atoms with Crippen LogP contribution in [-0.4, -0.2) is 19.1 Å². The molecule has 2 N–H and O–H groups in total. The molecule has 6 nitrogen and oxygen atoms in total. The number of halogens is 2. The van der Waals surface area contributed by atoms with E-state index in [0.717, 1.165) is 27.8 Å². The van der Waals surface area contributed by atoms with Crippen LogP contribution >= 0.6 is 23.2 Å². The third-order valence-corrected chi connectivity index (χ3v) is 6.68. The third-order valence-electron chi connectivity index (χ3n) is 6.19. The molecule has 0 radical (unpaired) electrons. The second-order valence-electron chi connectivity index (χ2n) is 8.26. The molecule has 0 aliphatic heterocycles. The highest BCUT2D eigenvalue weighted by Crippen LogP contribution is 2.36. The molecule has 0 fully saturated rings. The van der Waals surface area contributed by atoms with Crippen molar-refractivity contribution in [3.8, 4) is 11.1 Å². The van der Waals surface area contributed by atoms with E-state index in [0.29, 0.717) is 21.3 Å². The van der Waals surface area contributed by atoms with E-state index in [2.05, 4.69) is 4.98 Å². The lowest BCUT2D eigenvalue weighted by molar-refractivity contribution is 0.579. The molecule has 0 saturated carbocycles. The van der Waals surface area contributed by atoms with Gasteiger partial charge in [0.15, 0.2) is 0 Å². The van der Waals surface area contributed by atoms with Gasteiger partial charge in [-0.2, -0.15) is 0 Å². The molecule has 170 valence electrons. The van der Waals surface area contributed by atoms with E-state index in [-0.39, 0.29) is 5.56 Å². The molecule has 0 aliphatic carbocycles. The van der Waals surface area contributed by atoms with Crippen molar-refractivity contribution >= 4 is 34.1 Å². The van der Waals surface area contributed by atoms with E-state index in [1.165, 1.54) is 0 Å². The van der Waals surface area contributed by atoms with Crippen molar-refractivity contribution in [1.29, 1.82) is 0 Å². The van der Waals surface area contributed by atoms with Crippen LogP contribution in [-0.2, 0) is 19.6 Å². The molecule has 5 rings (SSSR count). The first-order valence-electron chi connectivity index (χ1n) is 10.6. The number of aryl methyl sites for hydroxylation is 2. The smallest absolute Gasteiger partial charge is 0.251 e. The van der Waals surface area contributed by atoms with E-state index in [9.17, 15) is 4.79 Å². The lowest BCUT2D eigenvalue weighted by atomic mass is 9.83. The Bertz CT molecular complexity index is 1590. The van der Waals surface area contributed by atoms with Crippen LogP contribution in [0.1, 0.15) is 17.0 Å². The predicted octanol–water partition coefficient (Wildman–Crippen LogP) is 4.89. The molecular formula is C26H21Cl2N5O. The van der Waals surface area contributed by atoms with Crippen molar-refractivity contribution in [3.63, 3.8) is 0 Å². The quantitative estimate of drug-likeness (QED) is 0.389. The van der Waals surface area contributed by atoms with E-state index >= 15 is 0 Å². The Balaban J connectivity index is 1.84. The fourth-order valence-corrected chi connectivity index (χ4v) is 4.65. The highest BCUT2D eigenvalue weighted by atomic mass is 35.5. The molecule has 0 spiro atoms. The van der Waals surface area contributed by atoms with Gasteiger partial charge in [0.1, 0.15) is 5.54 Å². The average molecular weight is 490 g/mol. The second-order valence-corrected chi connectivity index (χ2v) is 9.13. The molecule has 0 saturated heterocycles. The summed E-state index contributed by atoms with van der Waals surface area (Å²) < 4.78 is 3.45. The SMILES string of the molecule is Cn1cncc1[C@@](N)(c1ccc(Cl)cc1)c1cc2c(-c3cccc(Cl)c3)cc(=O)n(C)c2cn1. The van der Waals surface area contributed by atoms with E-state index in [1.54, 1.807) is 54.6 Å². The van der Waals surface area contributed by atoms with Crippen molar-refractivity contribution in [2.24, 2.45) is 19.8 Å². The Morgan fingerprint density at radius 2 is 1.71 bits per heavy atom. The highest BCUT2D eigenvalue weighted by Gasteiger charge is 2.36. The Morgan fingerprint density at radius 1 is 0.941 bits per heavy atom.